The highest BCUT2D eigenvalue weighted by atomic mass is 16.2. The Morgan fingerprint density at radius 3 is 2.72 bits per heavy atom. The molecule has 0 aromatic rings. The van der Waals surface area contributed by atoms with Crippen LogP contribution in [0.3, 0.4) is 0 Å². The van der Waals surface area contributed by atoms with E-state index in [1.54, 1.807) is 0 Å². The van der Waals surface area contributed by atoms with Gasteiger partial charge in [0.15, 0.2) is 0 Å². The van der Waals surface area contributed by atoms with Gasteiger partial charge in [-0.3, -0.25) is 9.69 Å². The first-order valence-electron chi connectivity index (χ1n) is 7.28. The van der Waals surface area contributed by atoms with Crippen molar-refractivity contribution in [2.24, 2.45) is 11.7 Å². The number of amides is 1. The first-order valence-corrected chi connectivity index (χ1v) is 7.28. The molecular formula is C14H29N3O. The maximum atomic E-state index is 12.0. The summed E-state index contributed by atoms with van der Waals surface area (Å²) in [7, 11) is 0. The van der Waals surface area contributed by atoms with Crippen LogP contribution in [0.2, 0.25) is 0 Å². The highest BCUT2D eigenvalue weighted by Crippen LogP contribution is 2.18. The van der Waals surface area contributed by atoms with Crippen LogP contribution >= 0.6 is 0 Å². The minimum Gasteiger partial charge on any atom is -0.352 e. The van der Waals surface area contributed by atoms with E-state index in [2.05, 4.69) is 31.0 Å². The van der Waals surface area contributed by atoms with Crippen molar-refractivity contribution in [1.29, 1.82) is 0 Å². The number of hydrogen-bond donors (Lipinski definition) is 2. The van der Waals surface area contributed by atoms with Crippen LogP contribution in [0.15, 0.2) is 0 Å². The zero-order valence-corrected chi connectivity index (χ0v) is 12.1. The molecule has 0 spiro atoms. The minimum absolute atomic E-state index is 0.153. The third-order valence-corrected chi connectivity index (χ3v) is 3.98. The molecule has 3 N–H and O–H groups in total. The average Bonchev–Trinajstić information content (AvgIpc) is 2.31. The fourth-order valence-electron chi connectivity index (χ4n) is 2.44. The molecule has 4 heteroatoms. The fraction of sp³-hybridized carbons (Fsp3) is 0.929. The summed E-state index contributed by atoms with van der Waals surface area (Å²) < 4.78 is 0. The van der Waals surface area contributed by atoms with Crippen LogP contribution in [0.4, 0.5) is 0 Å². The van der Waals surface area contributed by atoms with Gasteiger partial charge < -0.3 is 11.1 Å². The van der Waals surface area contributed by atoms with Crippen LogP contribution < -0.4 is 11.1 Å². The van der Waals surface area contributed by atoms with Crippen LogP contribution in [-0.2, 0) is 4.79 Å². The van der Waals surface area contributed by atoms with Gasteiger partial charge in [-0.1, -0.05) is 20.3 Å². The Balaban J connectivity index is 2.41. The van der Waals surface area contributed by atoms with Gasteiger partial charge in [0.1, 0.15) is 0 Å². The molecule has 2 unspecified atom stereocenters. The molecule has 1 saturated heterocycles. The van der Waals surface area contributed by atoms with Crippen LogP contribution in [0.5, 0.6) is 0 Å². The van der Waals surface area contributed by atoms with Gasteiger partial charge in [-0.25, -0.2) is 0 Å². The smallest absolute Gasteiger partial charge is 0.234 e. The average molecular weight is 255 g/mol. The molecule has 0 aliphatic carbocycles. The molecule has 1 amide bonds. The van der Waals surface area contributed by atoms with E-state index in [0.29, 0.717) is 25.0 Å². The lowest BCUT2D eigenvalue weighted by atomic mass is 9.99. The summed E-state index contributed by atoms with van der Waals surface area (Å²) in [6, 6.07) is 0.749. The molecule has 18 heavy (non-hydrogen) atoms. The van der Waals surface area contributed by atoms with Gasteiger partial charge in [0.25, 0.3) is 0 Å². The number of hydrogen-bond acceptors (Lipinski definition) is 3. The molecule has 0 bridgehead atoms. The summed E-state index contributed by atoms with van der Waals surface area (Å²) in [5, 5.41) is 3.08. The third-order valence-electron chi connectivity index (χ3n) is 3.98. The van der Waals surface area contributed by atoms with Gasteiger partial charge >= 0.3 is 0 Å². The molecular weight excluding hydrogens is 226 g/mol. The second kappa shape index (κ2) is 7.74. The Bertz CT molecular complexity index is 253. The van der Waals surface area contributed by atoms with Crippen molar-refractivity contribution < 1.29 is 4.79 Å². The molecule has 0 aromatic carbocycles. The highest BCUT2D eigenvalue weighted by Gasteiger charge is 2.24. The zero-order chi connectivity index (χ0) is 13.5. The molecule has 1 rings (SSSR count). The molecule has 1 aliphatic rings. The van der Waals surface area contributed by atoms with E-state index >= 15 is 0 Å². The van der Waals surface area contributed by atoms with E-state index in [-0.39, 0.29) is 11.9 Å². The summed E-state index contributed by atoms with van der Waals surface area (Å²) in [5.41, 5.74) is 5.65. The second-order valence-electron chi connectivity index (χ2n) is 5.80. The van der Waals surface area contributed by atoms with Crippen molar-refractivity contribution in [1.82, 2.24) is 10.2 Å². The molecule has 0 radical (unpaired) electrons. The predicted molar refractivity (Wildman–Crippen MR) is 75.3 cm³/mol. The number of nitrogens with zero attached hydrogens (tertiary/aromatic N) is 1. The molecule has 2 atom stereocenters. The first-order chi connectivity index (χ1) is 8.54. The quantitative estimate of drug-likeness (QED) is 0.753. The van der Waals surface area contributed by atoms with Crippen molar-refractivity contribution in [3.63, 3.8) is 0 Å². The van der Waals surface area contributed by atoms with E-state index in [1.165, 1.54) is 19.3 Å². The second-order valence-corrected chi connectivity index (χ2v) is 5.80. The highest BCUT2D eigenvalue weighted by molar-refractivity contribution is 5.78. The molecule has 0 aromatic heterocycles. The van der Waals surface area contributed by atoms with Gasteiger partial charge in [0.05, 0.1) is 6.54 Å². The predicted octanol–water partition coefficient (Wildman–Crippen LogP) is 1.35. The minimum atomic E-state index is 0.153. The van der Waals surface area contributed by atoms with Crippen molar-refractivity contribution in [3.8, 4) is 0 Å². The van der Waals surface area contributed by atoms with Crippen molar-refractivity contribution in [3.05, 3.63) is 0 Å². The summed E-state index contributed by atoms with van der Waals surface area (Å²) in [6.07, 6.45) is 4.66. The summed E-state index contributed by atoms with van der Waals surface area (Å²) in [4.78, 5) is 14.3. The lowest BCUT2D eigenvalue weighted by Crippen LogP contribution is -2.48. The fourth-order valence-corrected chi connectivity index (χ4v) is 2.44. The molecule has 4 nitrogen and oxygen atoms in total. The van der Waals surface area contributed by atoms with Crippen LogP contribution in [0.25, 0.3) is 0 Å². The Kier molecular flexibility index (Phi) is 6.65. The number of likely N-dealkylation sites (tertiary alicyclic amines) is 1. The van der Waals surface area contributed by atoms with E-state index < -0.39 is 0 Å². The standard InChI is InChI=1S/C14H29N3O/c1-11(2)12(3)16-14(18)10-17-9-5-4-6-13(17)7-8-15/h11-13H,4-10,15H2,1-3H3,(H,16,18). The topological polar surface area (TPSA) is 58.4 Å². The normalized spacial score (nSPS) is 23.1. The zero-order valence-electron chi connectivity index (χ0n) is 12.1. The number of nitrogens with two attached hydrogens (primary N) is 1. The third kappa shape index (κ3) is 4.94. The van der Waals surface area contributed by atoms with Crippen molar-refractivity contribution in [2.75, 3.05) is 19.6 Å². The van der Waals surface area contributed by atoms with Crippen LogP contribution in [-0.4, -0.2) is 42.5 Å². The lowest BCUT2D eigenvalue weighted by Gasteiger charge is -2.35. The summed E-state index contributed by atoms with van der Waals surface area (Å²) in [6.45, 7) is 8.60. The number of nitrogens with one attached hydrogen (secondary N) is 1. The monoisotopic (exact) mass is 255 g/mol. The molecule has 1 aliphatic heterocycles. The van der Waals surface area contributed by atoms with Crippen molar-refractivity contribution in [2.45, 2.75) is 58.5 Å². The van der Waals surface area contributed by atoms with Gasteiger partial charge in [-0.15, -0.1) is 0 Å². The van der Waals surface area contributed by atoms with E-state index in [0.717, 1.165) is 13.0 Å². The Labute approximate surface area is 111 Å². The molecule has 1 fully saturated rings. The summed E-state index contributed by atoms with van der Waals surface area (Å²) >= 11 is 0. The van der Waals surface area contributed by atoms with E-state index in [9.17, 15) is 4.79 Å². The van der Waals surface area contributed by atoms with E-state index in [1.807, 2.05) is 0 Å². The summed E-state index contributed by atoms with van der Waals surface area (Å²) in [5.74, 6) is 0.635. The molecule has 0 saturated carbocycles. The van der Waals surface area contributed by atoms with Crippen LogP contribution in [0.1, 0.15) is 46.5 Å². The number of carbonyl (C=O) groups is 1. The largest absolute Gasteiger partial charge is 0.352 e. The van der Waals surface area contributed by atoms with Gasteiger partial charge in [-0.05, 0) is 45.2 Å². The van der Waals surface area contributed by atoms with Crippen LogP contribution in [0, 0.1) is 5.92 Å². The van der Waals surface area contributed by atoms with E-state index in [4.69, 9.17) is 5.73 Å². The van der Waals surface area contributed by atoms with Gasteiger partial charge in [0.2, 0.25) is 5.91 Å². The first kappa shape index (κ1) is 15.4. The Hall–Kier alpha value is -0.610. The van der Waals surface area contributed by atoms with Gasteiger partial charge in [-0.2, -0.15) is 0 Å². The number of carbonyl (C=O) groups excluding carboxylic acids is 1. The van der Waals surface area contributed by atoms with Gasteiger partial charge in [0, 0.05) is 12.1 Å². The maximum absolute atomic E-state index is 12.0. The Morgan fingerprint density at radius 2 is 2.11 bits per heavy atom. The number of rotatable bonds is 6. The van der Waals surface area contributed by atoms with Crippen molar-refractivity contribution >= 4 is 5.91 Å². The maximum Gasteiger partial charge on any atom is 0.234 e. The number of piperidine rings is 1. The SMILES string of the molecule is CC(C)C(C)NC(=O)CN1CCCCC1CCN. The molecule has 1 heterocycles. The lowest BCUT2D eigenvalue weighted by molar-refractivity contribution is -0.124. The Morgan fingerprint density at radius 1 is 1.39 bits per heavy atom. The molecule has 106 valence electrons.